The van der Waals surface area contributed by atoms with Crippen LogP contribution < -0.4 is 5.32 Å². The van der Waals surface area contributed by atoms with Crippen molar-refractivity contribution in [2.24, 2.45) is 5.92 Å². The summed E-state index contributed by atoms with van der Waals surface area (Å²) >= 11 is 1.60. The van der Waals surface area contributed by atoms with E-state index in [9.17, 15) is 9.90 Å². The van der Waals surface area contributed by atoms with Crippen LogP contribution in [0.1, 0.15) is 35.4 Å². The zero-order chi connectivity index (χ0) is 22.7. The molecule has 2 N–H and O–H groups in total. The number of nitrogens with one attached hydrogen (secondary N) is 1. The first-order chi connectivity index (χ1) is 16.1. The van der Waals surface area contributed by atoms with E-state index in [1.165, 1.54) is 0 Å². The van der Waals surface area contributed by atoms with E-state index in [2.05, 4.69) is 5.32 Å². The van der Waals surface area contributed by atoms with Crippen molar-refractivity contribution in [1.82, 2.24) is 0 Å². The van der Waals surface area contributed by atoms with Crippen molar-refractivity contribution >= 4 is 23.0 Å². The molecule has 0 spiro atoms. The number of thiophene rings is 1. The van der Waals surface area contributed by atoms with Crippen LogP contribution >= 0.6 is 11.3 Å². The Balaban J connectivity index is 1.31. The number of ether oxygens (including phenoxy) is 1. The summed E-state index contributed by atoms with van der Waals surface area (Å²) in [5.41, 5.74) is 1.78. The number of piperidine rings is 3. The van der Waals surface area contributed by atoms with Crippen molar-refractivity contribution in [3.63, 3.8) is 0 Å². The smallest absolute Gasteiger partial charge is 0.333 e. The number of nitrogens with zero attached hydrogens (tertiary/aromatic N) is 1. The third kappa shape index (κ3) is 4.98. The number of carbonyl (C=O) groups is 1. The number of para-hydroxylation sites is 1. The highest BCUT2D eigenvalue weighted by Crippen LogP contribution is 2.38. The van der Waals surface area contributed by atoms with E-state index < -0.39 is 12.1 Å². The van der Waals surface area contributed by atoms with E-state index >= 15 is 0 Å². The molecule has 6 rings (SSSR count). The highest BCUT2D eigenvalue weighted by atomic mass is 32.1. The summed E-state index contributed by atoms with van der Waals surface area (Å²) in [4.78, 5) is 14.5. The maximum absolute atomic E-state index is 13.5. The van der Waals surface area contributed by atoms with Crippen LogP contribution in [0.25, 0.3) is 0 Å². The van der Waals surface area contributed by atoms with Gasteiger partial charge in [-0.25, -0.2) is 4.79 Å². The first-order valence-electron chi connectivity index (χ1n) is 11.8. The number of aliphatic hydroxyl groups is 1. The zero-order valence-corrected chi connectivity index (χ0v) is 19.5. The molecule has 6 heteroatoms. The van der Waals surface area contributed by atoms with Gasteiger partial charge >= 0.3 is 5.97 Å². The van der Waals surface area contributed by atoms with Crippen molar-refractivity contribution in [3.05, 3.63) is 88.6 Å². The van der Waals surface area contributed by atoms with Gasteiger partial charge in [0.2, 0.25) is 0 Å². The number of rotatable bonds is 8. The SMILES string of the molecule is O=C(OC1C[N+]2(CC(O)c3cccs3)CCC1CC2)C(Nc1ccccc1)c1ccccc1. The maximum Gasteiger partial charge on any atom is 0.333 e. The van der Waals surface area contributed by atoms with E-state index in [1.54, 1.807) is 11.3 Å². The molecule has 0 saturated carbocycles. The Kier molecular flexibility index (Phi) is 6.49. The highest BCUT2D eigenvalue weighted by molar-refractivity contribution is 7.10. The minimum atomic E-state index is -0.561. The van der Waals surface area contributed by atoms with Gasteiger partial charge in [-0.1, -0.05) is 54.6 Å². The molecule has 0 aliphatic carbocycles. The monoisotopic (exact) mass is 463 g/mol. The summed E-state index contributed by atoms with van der Waals surface area (Å²) < 4.78 is 7.04. The molecule has 5 nitrogen and oxygen atoms in total. The Hall–Kier alpha value is -2.67. The molecule has 1 aromatic heterocycles. The summed E-state index contributed by atoms with van der Waals surface area (Å²) in [6.07, 6.45) is 1.50. The fourth-order valence-electron chi connectivity index (χ4n) is 5.39. The first kappa shape index (κ1) is 22.1. The molecule has 3 unspecified atom stereocenters. The second-order valence-corrected chi connectivity index (χ2v) is 10.3. The van der Waals surface area contributed by atoms with Gasteiger partial charge in [-0.2, -0.15) is 0 Å². The van der Waals surface area contributed by atoms with Crippen LogP contribution in [0, 0.1) is 5.92 Å². The van der Waals surface area contributed by atoms with Gasteiger partial charge in [-0.15, -0.1) is 11.3 Å². The van der Waals surface area contributed by atoms with Gasteiger partial charge in [0.25, 0.3) is 0 Å². The van der Waals surface area contributed by atoms with Crippen molar-refractivity contribution in [2.45, 2.75) is 31.1 Å². The second-order valence-electron chi connectivity index (χ2n) is 9.35. The molecular formula is C27H31N2O3S+. The van der Waals surface area contributed by atoms with Crippen molar-refractivity contribution in [1.29, 1.82) is 0 Å². The van der Waals surface area contributed by atoms with E-state index in [-0.39, 0.29) is 12.1 Å². The Morgan fingerprint density at radius 2 is 1.73 bits per heavy atom. The van der Waals surface area contributed by atoms with E-state index in [1.807, 2.05) is 78.2 Å². The number of aliphatic hydroxyl groups excluding tert-OH is 1. The average molecular weight is 464 g/mol. The summed E-state index contributed by atoms with van der Waals surface area (Å²) in [5, 5.41) is 16.2. The van der Waals surface area contributed by atoms with Gasteiger partial charge in [0, 0.05) is 29.3 Å². The third-order valence-corrected chi connectivity index (χ3v) is 8.17. The summed E-state index contributed by atoms with van der Waals surface area (Å²) in [5.74, 6) is 0.168. The third-order valence-electron chi connectivity index (χ3n) is 7.19. The molecule has 0 radical (unpaired) electrons. The number of benzene rings is 2. The molecule has 33 heavy (non-hydrogen) atoms. The summed E-state index contributed by atoms with van der Waals surface area (Å²) in [7, 11) is 0. The van der Waals surface area contributed by atoms with Crippen LogP contribution in [0.5, 0.6) is 0 Å². The lowest BCUT2D eigenvalue weighted by Gasteiger charge is -2.52. The molecule has 2 bridgehead atoms. The lowest BCUT2D eigenvalue weighted by Crippen LogP contribution is -2.65. The molecule has 3 atom stereocenters. The van der Waals surface area contributed by atoms with Crippen molar-refractivity contribution in [3.8, 4) is 0 Å². The molecule has 3 fully saturated rings. The summed E-state index contributed by atoms with van der Waals surface area (Å²) in [6, 6.07) is 23.0. The number of fused-ring (bicyclic) bond motifs is 3. The predicted octanol–water partition coefficient (Wildman–Crippen LogP) is 4.79. The van der Waals surface area contributed by atoms with Crippen LogP contribution in [0.3, 0.4) is 0 Å². The number of quaternary nitrogens is 1. The molecule has 2 aromatic carbocycles. The molecular weight excluding hydrogens is 432 g/mol. The van der Waals surface area contributed by atoms with Gasteiger partial charge in [-0.05, 0) is 29.1 Å². The van der Waals surface area contributed by atoms with Crippen LogP contribution in [0.4, 0.5) is 5.69 Å². The number of esters is 1. The van der Waals surface area contributed by atoms with Crippen LogP contribution in [-0.2, 0) is 9.53 Å². The number of carbonyl (C=O) groups excluding carboxylic acids is 1. The Bertz CT molecular complexity index is 1030. The standard InChI is InChI=1S/C27H31N2O3S/c30-23(25-12-7-17-33-25)18-29-15-13-20(14-16-29)24(19-29)32-27(31)26(21-8-3-1-4-9-21)28-22-10-5-2-6-11-22/h1-12,17,20,23-24,26,28,30H,13-16,18-19H2/q+1. The number of hydrogen-bond donors (Lipinski definition) is 2. The van der Waals surface area contributed by atoms with Crippen LogP contribution in [0.15, 0.2) is 78.2 Å². The molecule has 3 aromatic rings. The van der Waals surface area contributed by atoms with E-state index in [4.69, 9.17) is 4.74 Å². The normalized spacial score (nSPS) is 25.8. The van der Waals surface area contributed by atoms with Crippen molar-refractivity contribution < 1.29 is 19.1 Å². The molecule has 4 heterocycles. The molecule has 3 saturated heterocycles. The number of anilines is 1. The van der Waals surface area contributed by atoms with Crippen LogP contribution in [0.2, 0.25) is 0 Å². The minimum Gasteiger partial charge on any atom is -0.454 e. The largest absolute Gasteiger partial charge is 0.454 e. The topological polar surface area (TPSA) is 58.6 Å². The second kappa shape index (κ2) is 9.67. The predicted molar refractivity (Wildman–Crippen MR) is 131 cm³/mol. The fourth-order valence-corrected chi connectivity index (χ4v) is 6.09. The maximum atomic E-state index is 13.5. The average Bonchev–Trinajstić information content (AvgIpc) is 3.40. The van der Waals surface area contributed by atoms with E-state index in [0.29, 0.717) is 12.5 Å². The van der Waals surface area contributed by atoms with Gasteiger partial charge in [0.05, 0.1) is 13.1 Å². The minimum absolute atomic E-state index is 0.112. The Morgan fingerprint density at radius 3 is 2.39 bits per heavy atom. The highest BCUT2D eigenvalue weighted by Gasteiger charge is 2.49. The van der Waals surface area contributed by atoms with Gasteiger partial charge < -0.3 is 19.6 Å². The van der Waals surface area contributed by atoms with Gasteiger partial charge in [0.15, 0.2) is 12.1 Å². The van der Waals surface area contributed by atoms with Crippen molar-refractivity contribution in [2.75, 3.05) is 31.5 Å². The van der Waals surface area contributed by atoms with E-state index in [0.717, 1.165) is 53.1 Å². The quantitative estimate of drug-likeness (QED) is 0.373. The molecule has 3 aliphatic rings. The van der Waals surface area contributed by atoms with Gasteiger partial charge in [-0.3, -0.25) is 0 Å². The molecule has 172 valence electrons. The number of hydrogen-bond acceptors (Lipinski definition) is 5. The summed E-state index contributed by atoms with van der Waals surface area (Å²) in [6.45, 7) is 3.56. The Labute approximate surface area is 199 Å². The molecule has 3 aliphatic heterocycles. The van der Waals surface area contributed by atoms with Crippen LogP contribution in [-0.4, -0.2) is 47.8 Å². The lowest BCUT2D eigenvalue weighted by atomic mass is 9.83. The fraction of sp³-hybridized carbons (Fsp3) is 0.370. The zero-order valence-electron chi connectivity index (χ0n) is 18.7. The Morgan fingerprint density at radius 1 is 1.03 bits per heavy atom. The van der Waals surface area contributed by atoms with Gasteiger partial charge in [0.1, 0.15) is 19.2 Å². The molecule has 0 amide bonds. The lowest BCUT2D eigenvalue weighted by molar-refractivity contribution is -0.949. The first-order valence-corrected chi connectivity index (χ1v) is 12.6.